The molecule has 0 fully saturated rings. The van der Waals surface area contributed by atoms with Crippen molar-refractivity contribution in [3.63, 3.8) is 0 Å². The van der Waals surface area contributed by atoms with Crippen molar-refractivity contribution < 1.29 is 19.4 Å². The van der Waals surface area contributed by atoms with Crippen molar-refractivity contribution in [3.8, 4) is 5.75 Å². The normalized spacial score (nSPS) is 9.88. The SMILES string of the molecule is COCCNc1cc(OC)ccc1C(=O)O. The second kappa shape index (κ2) is 5.97. The van der Waals surface area contributed by atoms with Crippen molar-refractivity contribution in [2.24, 2.45) is 0 Å². The van der Waals surface area contributed by atoms with E-state index in [1.807, 2.05) is 0 Å². The standard InChI is InChI=1S/C11H15NO4/c1-15-6-5-12-10-7-8(16-2)3-4-9(10)11(13)14/h3-4,7,12H,5-6H2,1-2H3,(H,13,14). The number of ether oxygens (including phenoxy) is 2. The summed E-state index contributed by atoms with van der Waals surface area (Å²) in [6.07, 6.45) is 0. The van der Waals surface area contributed by atoms with Crippen LogP contribution >= 0.6 is 0 Å². The number of anilines is 1. The number of hydrogen-bond donors (Lipinski definition) is 2. The van der Waals surface area contributed by atoms with Gasteiger partial charge in [-0.2, -0.15) is 0 Å². The average molecular weight is 225 g/mol. The van der Waals surface area contributed by atoms with Gasteiger partial charge in [-0.3, -0.25) is 0 Å². The molecule has 1 aromatic carbocycles. The van der Waals surface area contributed by atoms with Gasteiger partial charge in [0.05, 0.1) is 25.0 Å². The summed E-state index contributed by atoms with van der Waals surface area (Å²) in [6, 6.07) is 4.78. The smallest absolute Gasteiger partial charge is 0.337 e. The summed E-state index contributed by atoms with van der Waals surface area (Å²) >= 11 is 0. The second-order valence-electron chi connectivity index (χ2n) is 3.14. The zero-order valence-corrected chi connectivity index (χ0v) is 9.32. The quantitative estimate of drug-likeness (QED) is 0.717. The predicted octanol–water partition coefficient (Wildman–Crippen LogP) is 1.45. The van der Waals surface area contributed by atoms with Gasteiger partial charge >= 0.3 is 5.97 Å². The lowest BCUT2D eigenvalue weighted by atomic mass is 10.1. The molecule has 0 saturated carbocycles. The molecule has 5 nitrogen and oxygen atoms in total. The first kappa shape index (κ1) is 12.3. The molecule has 0 saturated heterocycles. The molecule has 16 heavy (non-hydrogen) atoms. The molecule has 88 valence electrons. The Morgan fingerprint density at radius 1 is 1.44 bits per heavy atom. The Morgan fingerprint density at radius 3 is 2.75 bits per heavy atom. The molecule has 1 rings (SSSR count). The summed E-state index contributed by atoms with van der Waals surface area (Å²) in [5, 5.41) is 12.0. The second-order valence-corrected chi connectivity index (χ2v) is 3.14. The van der Waals surface area contributed by atoms with E-state index in [2.05, 4.69) is 5.32 Å². The van der Waals surface area contributed by atoms with Crippen LogP contribution in [0, 0.1) is 0 Å². The van der Waals surface area contributed by atoms with Crippen molar-refractivity contribution >= 4 is 11.7 Å². The van der Waals surface area contributed by atoms with E-state index in [-0.39, 0.29) is 5.56 Å². The molecule has 0 aromatic heterocycles. The lowest BCUT2D eigenvalue weighted by molar-refractivity contribution is 0.0698. The Morgan fingerprint density at radius 2 is 2.19 bits per heavy atom. The van der Waals surface area contributed by atoms with Gasteiger partial charge in [-0.15, -0.1) is 0 Å². The van der Waals surface area contributed by atoms with Crippen LogP contribution in [-0.4, -0.2) is 38.4 Å². The third kappa shape index (κ3) is 3.13. The number of rotatable bonds is 6. The number of benzene rings is 1. The van der Waals surface area contributed by atoms with Crippen LogP contribution in [0.2, 0.25) is 0 Å². The van der Waals surface area contributed by atoms with E-state index < -0.39 is 5.97 Å². The fraction of sp³-hybridized carbons (Fsp3) is 0.364. The fourth-order valence-corrected chi connectivity index (χ4v) is 1.27. The minimum atomic E-state index is -0.970. The summed E-state index contributed by atoms with van der Waals surface area (Å²) < 4.78 is 9.91. The summed E-state index contributed by atoms with van der Waals surface area (Å²) in [4.78, 5) is 10.9. The lowest BCUT2D eigenvalue weighted by Gasteiger charge is -2.10. The van der Waals surface area contributed by atoms with E-state index in [1.54, 1.807) is 19.2 Å². The van der Waals surface area contributed by atoms with E-state index in [9.17, 15) is 4.79 Å². The van der Waals surface area contributed by atoms with Crippen LogP contribution in [0.15, 0.2) is 18.2 Å². The number of hydrogen-bond acceptors (Lipinski definition) is 4. The first-order valence-corrected chi connectivity index (χ1v) is 4.83. The minimum Gasteiger partial charge on any atom is -0.497 e. The molecule has 0 aliphatic rings. The van der Waals surface area contributed by atoms with E-state index in [0.717, 1.165) is 0 Å². The first-order chi connectivity index (χ1) is 7.69. The number of carboxylic acid groups (broad SMARTS) is 1. The third-order valence-corrected chi connectivity index (χ3v) is 2.08. The molecule has 0 aliphatic carbocycles. The summed E-state index contributed by atoms with van der Waals surface area (Å²) in [5.41, 5.74) is 0.751. The molecule has 1 aromatic rings. The molecule has 0 atom stereocenters. The largest absolute Gasteiger partial charge is 0.497 e. The minimum absolute atomic E-state index is 0.219. The van der Waals surface area contributed by atoms with Crippen LogP contribution in [0.3, 0.4) is 0 Å². The first-order valence-electron chi connectivity index (χ1n) is 4.83. The molecule has 0 heterocycles. The highest BCUT2D eigenvalue weighted by Gasteiger charge is 2.10. The van der Waals surface area contributed by atoms with Gasteiger partial charge in [0.1, 0.15) is 5.75 Å². The Hall–Kier alpha value is -1.75. The van der Waals surface area contributed by atoms with Crippen LogP contribution in [0.25, 0.3) is 0 Å². The van der Waals surface area contributed by atoms with Gasteiger partial charge in [-0.25, -0.2) is 4.79 Å². The maximum atomic E-state index is 10.9. The molecule has 2 N–H and O–H groups in total. The molecule has 0 spiro atoms. The van der Waals surface area contributed by atoms with E-state index in [4.69, 9.17) is 14.6 Å². The lowest BCUT2D eigenvalue weighted by Crippen LogP contribution is -2.11. The maximum Gasteiger partial charge on any atom is 0.337 e. The highest BCUT2D eigenvalue weighted by Crippen LogP contribution is 2.22. The Labute approximate surface area is 94.0 Å². The topological polar surface area (TPSA) is 67.8 Å². The van der Waals surface area contributed by atoms with Gasteiger partial charge in [0.25, 0.3) is 0 Å². The molecule has 0 unspecified atom stereocenters. The van der Waals surface area contributed by atoms with Gasteiger partial charge in [-0.05, 0) is 12.1 Å². The monoisotopic (exact) mass is 225 g/mol. The summed E-state index contributed by atoms with van der Waals surface area (Å²) in [5.74, 6) is -0.354. The number of carboxylic acids is 1. The summed E-state index contributed by atoms with van der Waals surface area (Å²) in [7, 11) is 3.13. The van der Waals surface area contributed by atoms with Gasteiger partial charge in [-0.1, -0.05) is 0 Å². The number of nitrogens with one attached hydrogen (secondary N) is 1. The average Bonchev–Trinajstić information content (AvgIpc) is 2.29. The Bertz CT molecular complexity index is 365. The van der Waals surface area contributed by atoms with E-state index in [1.165, 1.54) is 13.2 Å². The van der Waals surface area contributed by atoms with Crippen LogP contribution in [-0.2, 0) is 4.74 Å². The van der Waals surface area contributed by atoms with Crippen LogP contribution in [0.5, 0.6) is 5.75 Å². The third-order valence-electron chi connectivity index (χ3n) is 2.08. The van der Waals surface area contributed by atoms with Gasteiger partial charge in [0, 0.05) is 19.7 Å². The highest BCUT2D eigenvalue weighted by atomic mass is 16.5. The molecular weight excluding hydrogens is 210 g/mol. The number of methoxy groups -OCH3 is 2. The van der Waals surface area contributed by atoms with Crippen molar-refractivity contribution in [1.29, 1.82) is 0 Å². The Kier molecular flexibility index (Phi) is 4.60. The predicted molar refractivity (Wildman–Crippen MR) is 60.3 cm³/mol. The maximum absolute atomic E-state index is 10.9. The Balaban J connectivity index is 2.87. The fourth-order valence-electron chi connectivity index (χ4n) is 1.27. The zero-order valence-electron chi connectivity index (χ0n) is 9.32. The van der Waals surface area contributed by atoms with Gasteiger partial charge in [0.15, 0.2) is 0 Å². The van der Waals surface area contributed by atoms with Crippen molar-refractivity contribution in [3.05, 3.63) is 23.8 Å². The molecule has 5 heteroatoms. The van der Waals surface area contributed by atoms with E-state index >= 15 is 0 Å². The molecule has 0 amide bonds. The van der Waals surface area contributed by atoms with Crippen molar-refractivity contribution in [1.82, 2.24) is 0 Å². The van der Waals surface area contributed by atoms with Gasteiger partial charge in [0.2, 0.25) is 0 Å². The zero-order chi connectivity index (χ0) is 12.0. The van der Waals surface area contributed by atoms with Crippen molar-refractivity contribution in [2.45, 2.75) is 0 Å². The highest BCUT2D eigenvalue weighted by molar-refractivity contribution is 5.94. The number of aromatic carboxylic acids is 1. The molecule has 0 aliphatic heterocycles. The van der Waals surface area contributed by atoms with Crippen LogP contribution < -0.4 is 10.1 Å². The van der Waals surface area contributed by atoms with Gasteiger partial charge < -0.3 is 19.9 Å². The molecule has 0 bridgehead atoms. The van der Waals surface area contributed by atoms with E-state index in [0.29, 0.717) is 24.6 Å². The van der Waals surface area contributed by atoms with Crippen LogP contribution in [0.1, 0.15) is 10.4 Å². The summed E-state index contributed by atoms with van der Waals surface area (Å²) in [6.45, 7) is 1.06. The molecule has 0 radical (unpaired) electrons. The number of carbonyl (C=O) groups is 1. The van der Waals surface area contributed by atoms with Crippen molar-refractivity contribution in [2.75, 3.05) is 32.7 Å². The molecular formula is C11H15NO4. The van der Waals surface area contributed by atoms with Crippen LogP contribution in [0.4, 0.5) is 5.69 Å².